The molecule has 0 saturated carbocycles. The number of benzene rings is 3. The van der Waals surface area contributed by atoms with Crippen LogP contribution in [0.1, 0.15) is 123 Å². The number of aliphatic carboxylic acids is 3. The molecule has 0 radical (unpaired) electrons. The Bertz CT molecular complexity index is 4090. The number of nitrogens with one attached hydrogen (secondary N) is 13. The normalized spacial score (nSPS) is 16.0. The Hall–Kier alpha value is -10.7. The minimum Gasteiger partial charge on any atom is -0.508 e. The number of amides is 12. The van der Waals surface area contributed by atoms with Crippen molar-refractivity contribution in [1.82, 2.24) is 73.4 Å². The fraction of sp³-hybridized carbons (Fsp3) is 0.500. The third-order valence-corrected chi connectivity index (χ3v) is 19.2. The van der Waals surface area contributed by atoms with Crippen LogP contribution >= 0.6 is 25.3 Å². The van der Waals surface area contributed by atoms with Gasteiger partial charge in [0.05, 0.1) is 6.42 Å². The minimum atomic E-state index is -1.86. The number of phenolic OH excluding ortho intramolecular Hbond substituents is 1. The number of fused-ring (bicyclic) bond motifs is 2. The summed E-state index contributed by atoms with van der Waals surface area (Å²) in [6.45, 7) is 12.8. The van der Waals surface area contributed by atoms with Gasteiger partial charge in [-0.3, -0.25) is 67.1 Å². The second kappa shape index (κ2) is 41.6. The van der Waals surface area contributed by atoms with Crippen molar-refractivity contribution in [3.05, 3.63) is 102 Å². The van der Waals surface area contributed by atoms with Crippen LogP contribution < -0.4 is 58.5 Å². The van der Waals surface area contributed by atoms with E-state index in [4.69, 9.17) is 0 Å². The lowest BCUT2D eigenvalue weighted by Crippen LogP contribution is -2.61. The highest BCUT2D eigenvalue weighted by Gasteiger charge is 2.42. The number of aromatic amines is 2. The monoisotopic (exact) mass is 1550 g/mol. The zero-order valence-electron chi connectivity index (χ0n) is 61.9. The molecule has 2 aromatic heterocycles. The van der Waals surface area contributed by atoms with Gasteiger partial charge in [-0.25, -0.2) is 4.79 Å². The first-order valence-electron chi connectivity index (χ1n) is 36.0. The third kappa shape index (κ3) is 26.0. The Morgan fingerprint density at radius 1 is 0.495 bits per heavy atom. The highest BCUT2D eigenvalue weighted by molar-refractivity contribution is 7.80. The lowest BCUT2D eigenvalue weighted by atomic mass is 9.96. The number of carboxylic acid groups (broad SMARTS) is 3. The number of H-pyrrole nitrogens is 2. The van der Waals surface area contributed by atoms with E-state index in [2.05, 4.69) is 93.7 Å². The van der Waals surface area contributed by atoms with Crippen LogP contribution in [0.5, 0.6) is 5.75 Å². The van der Waals surface area contributed by atoms with E-state index < -0.39 is 186 Å². The average molecular weight is 1550 g/mol. The summed E-state index contributed by atoms with van der Waals surface area (Å²) in [7, 11) is 0. The number of carboxylic acids is 3. The van der Waals surface area contributed by atoms with Crippen molar-refractivity contribution in [1.29, 1.82) is 0 Å². The van der Waals surface area contributed by atoms with E-state index in [1.54, 1.807) is 102 Å². The van der Waals surface area contributed by atoms with Crippen molar-refractivity contribution in [3.8, 4) is 5.75 Å². The van der Waals surface area contributed by atoms with Gasteiger partial charge in [-0.05, 0) is 97.7 Å². The molecule has 33 nitrogen and oxygen atoms in total. The fourth-order valence-electron chi connectivity index (χ4n) is 12.5. The van der Waals surface area contributed by atoms with E-state index in [9.17, 15) is 82.8 Å². The van der Waals surface area contributed by atoms with Gasteiger partial charge >= 0.3 is 17.9 Å². The van der Waals surface area contributed by atoms with Gasteiger partial charge in [-0.2, -0.15) is 25.3 Å². The van der Waals surface area contributed by atoms with Crippen LogP contribution in [0.15, 0.2) is 85.2 Å². The average Bonchev–Trinajstić information content (AvgIpc) is 1.69. The van der Waals surface area contributed by atoms with Gasteiger partial charge in [0.25, 0.3) is 0 Å². The molecular weight excluding hydrogens is 1450 g/mol. The molecule has 0 unspecified atom stereocenters. The Morgan fingerprint density at radius 2 is 0.954 bits per heavy atom. The Morgan fingerprint density at radius 3 is 1.48 bits per heavy atom. The first kappa shape index (κ1) is 87.2. The van der Waals surface area contributed by atoms with E-state index in [-0.39, 0.29) is 80.6 Å². The zero-order chi connectivity index (χ0) is 80.5. The number of thiol groups is 2. The molecular formula is C74H100N14O19S2. The maximum atomic E-state index is 15.4. The number of hydrogen-bond acceptors (Lipinski definition) is 18. The van der Waals surface area contributed by atoms with Gasteiger partial charge in [0.2, 0.25) is 70.9 Å². The molecule has 1 aliphatic heterocycles. The van der Waals surface area contributed by atoms with Crippen LogP contribution in [-0.4, -0.2) is 215 Å². The van der Waals surface area contributed by atoms with Crippen molar-refractivity contribution in [2.75, 3.05) is 18.1 Å². The maximum Gasteiger partial charge on any atom is 0.327 e. The van der Waals surface area contributed by atoms with Crippen molar-refractivity contribution < 1.29 is 92.3 Å². The second-order valence-corrected chi connectivity index (χ2v) is 28.8. The number of likely N-dealkylation sites (tertiary alicyclic amines) is 1. The predicted molar refractivity (Wildman–Crippen MR) is 406 cm³/mol. The Balaban J connectivity index is 1.22. The first-order valence-corrected chi connectivity index (χ1v) is 37.3. The lowest BCUT2D eigenvalue weighted by Gasteiger charge is -2.31. The largest absolute Gasteiger partial charge is 0.508 e. The van der Waals surface area contributed by atoms with Gasteiger partial charge < -0.3 is 93.8 Å². The highest BCUT2D eigenvalue weighted by Crippen LogP contribution is 2.26. The molecule has 0 spiro atoms. The van der Waals surface area contributed by atoms with Crippen molar-refractivity contribution in [2.45, 2.75) is 199 Å². The van der Waals surface area contributed by atoms with Gasteiger partial charge in [0.15, 0.2) is 0 Å². The Kier molecular flexibility index (Phi) is 33.3. The molecule has 35 heteroatoms. The number of aromatic nitrogens is 2. The molecule has 1 aliphatic rings. The van der Waals surface area contributed by atoms with E-state index in [1.165, 1.54) is 36.1 Å². The van der Waals surface area contributed by atoms with Crippen molar-refractivity contribution in [3.63, 3.8) is 0 Å². The molecule has 3 aromatic carbocycles. The predicted octanol–water partition coefficient (Wildman–Crippen LogP) is 1.17. The van der Waals surface area contributed by atoms with Crippen LogP contribution in [-0.2, 0) is 91.2 Å². The van der Waals surface area contributed by atoms with Crippen molar-refractivity contribution in [2.24, 2.45) is 17.8 Å². The zero-order valence-corrected chi connectivity index (χ0v) is 63.7. The highest BCUT2D eigenvalue weighted by atomic mass is 32.1. The van der Waals surface area contributed by atoms with E-state index in [0.717, 1.165) is 6.92 Å². The van der Waals surface area contributed by atoms with Crippen LogP contribution in [0.4, 0.5) is 0 Å². The van der Waals surface area contributed by atoms with Crippen LogP contribution in [0, 0.1) is 17.8 Å². The molecule has 6 rings (SSSR count). The summed E-state index contributed by atoms with van der Waals surface area (Å²) < 4.78 is 0. The second-order valence-electron chi connectivity index (χ2n) is 28.0. The summed E-state index contributed by atoms with van der Waals surface area (Å²) in [6, 6.07) is 2.28. The summed E-state index contributed by atoms with van der Waals surface area (Å²) >= 11 is 8.29. The molecule has 0 aliphatic carbocycles. The smallest absolute Gasteiger partial charge is 0.327 e. The summed E-state index contributed by atoms with van der Waals surface area (Å²) in [5, 5.41) is 68.9. The molecule has 12 amide bonds. The van der Waals surface area contributed by atoms with Crippen molar-refractivity contribution >= 4 is 136 Å². The van der Waals surface area contributed by atoms with E-state index in [1.807, 2.05) is 0 Å². The van der Waals surface area contributed by atoms with Gasteiger partial charge in [-0.15, -0.1) is 0 Å². The topological polar surface area (TPSA) is 504 Å². The molecule has 592 valence electrons. The molecule has 1 fully saturated rings. The minimum absolute atomic E-state index is 0.0000349. The number of carbonyl (C=O) groups excluding carboxylic acids is 12. The summed E-state index contributed by atoms with van der Waals surface area (Å²) in [5.41, 5.74) is 2.80. The van der Waals surface area contributed by atoms with E-state index in [0.29, 0.717) is 44.9 Å². The maximum absolute atomic E-state index is 15.4. The quantitative estimate of drug-likeness (QED) is 0.0244. The number of nitrogens with zero attached hydrogens (tertiary/aromatic N) is 1. The number of hydrogen-bond donors (Lipinski definition) is 19. The molecule has 17 N–H and O–H groups in total. The molecule has 5 aromatic rings. The molecule has 109 heavy (non-hydrogen) atoms. The van der Waals surface area contributed by atoms with Crippen LogP contribution in [0.3, 0.4) is 0 Å². The fourth-order valence-corrected chi connectivity index (χ4v) is 13.0. The van der Waals surface area contributed by atoms with Gasteiger partial charge in [-0.1, -0.05) is 96.5 Å². The first-order chi connectivity index (χ1) is 51.6. The summed E-state index contributed by atoms with van der Waals surface area (Å²) in [6.07, 6.45) is 0.943. The number of rotatable bonds is 42. The number of phenols is 1. The summed E-state index contributed by atoms with van der Waals surface area (Å²) in [5.74, 6) is -16.6. The Labute approximate surface area is 640 Å². The molecule has 0 bridgehead atoms. The standard InChI is InChI=1S/C74H100N14O19S2/c1-9-39(6)62(72(104)86-58(36-109)74(106)107)87-69(101)52(28-38(4)5)80-63(95)40(7)77-70(102)57(35-108)85-65(97)51(27-37(2)3)81-64(96)50(24-25-60(91)92)79-71(103)59-19-14-26-88(59)73(105)56(31-44-34-76-49-18-13-11-16-47(44)49)84-67(99)54(30-43-33-75-48-17-12-10-15-46(43)48)82-68(100)55(32-61(93)94)83-66(98)53(78-41(8)89)29-42-20-22-45(90)23-21-42/h10-13,15-18,20-23,33-34,37-40,50-59,62,75-76,90,108-109H,9,14,19,24-32,35-36H2,1-8H3,(H,77,102)(H,78,89)(H,79,103)(H,80,95)(H,81,96)(H,82,100)(H,83,98)(H,84,99)(H,85,97)(H,86,104)(H,87,101)(H,91,92)(H,93,94)(H,106,107)/t39-,40-,50-,51-,52-,53-,54-,55-,56-,57-,58-,59-,62-/m0/s1. The number of aromatic hydroxyl groups is 1. The van der Waals surface area contributed by atoms with E-state index >= 15 is 9.59 Å². The van der Waals surface area contributed by atoms with Gasteiger partial charge in [0.1, 0.15) is 78.3 Å². The molecule has 1 saturated heterocycles. The van der Waals surface area contributed by atoms with Crippen LogP contribution in [0.25, 0.3) is 21.8 Å². The summed E-state index contributed by atoms with van der Waals surface area (Å²) in [4.78, 5) is 214. The molecule has 3 heterocycles. The third-order valence-electron chi connectivity index (χ3n) is 18.5. The lowest BCUT2D eigenvalue weighted by molar-refractivity contribution is -0.143. The number of para-hydroxylation sites is 2. The van der Waals surface area contributed by atoms with Crippen LogP contribution in [0.2, 0.25) is 0 Å². The molecule has 13 atom stereocenters. The SMILES string of the molecule is CC[C@H](C)[C@H](NC(=O)[C@H](CC(C)C)NC(=O)[C@H](C)NC(=O)[C@H](CS)NC(=O)[C@H](CC(C)C)NC(=O)[C@H](CCC(=O)O)NC(=O)[C@@H]1CCCN1C(=O)[C@H](Cc1c[nH]c2ccccc12)NC(=O)[C@H](Cc1c[nH]c2ccccc12)NC(=O)[C@H](CC(=O)O)NC(=O)[C@H](Cc1ccc(O)cc1)NC(C)=O)C(=O)N[C@@H](CS)C(=O)O. The van der Waals surface area contributed by atoms with Gasteiger partial charge in [0, 0.05) is 84.9 Å². The number of carbonyl (C=O) groups is 15.